The monoisotopic (exact) mass is 187 g/mol. The molecule has 0 aliphatic carbocycles. The van der Waals surface area contributed by atoms with Crippen molar-refractivity contribution in [2.45, 2.75) is 34.1 Å². The summed E-state index contributed by atoms with van der Waals surface area (Å²) >= 11 is 0. The zero-order valence-corrected chi connectivity index (χ0v) is 9.05. The van der Waals surface area contributed by atoms with Gasteiger partial charge in [0.2, 0.25) is 5.91 Å². The summed E-state index contributed by atoms with van der Waals surface area (Å²) < 4.78 is 0. The fourth-order valence-electron chi connectivity index (χ4n) is 0.855. The summed E-state index contributed by atoms with van der Waals surface area (Å²) in [7, 11) is 0. The molecule has 0 aromatic carbocycles. The van der Waals surface area contributed by atoms with Gasteiger partial charge < -0.3 is 10.4 Å². The number of hydrogen-bond donors (Lipinski definition) is 2. The van der Waals surface area contributed by atoms with E-state index in [-0.39, 0.29) is 17.9 Å². The van der Waals surface area contributed by atoms with Crippen LogP contribution in [0.4, 0.5) is 0 Å². The lowest BCUT2D eigenvalue weighted by Crippen LogP contribution is -2.37. The lowest BCUT2D eigenvalue weighted by molar-refractivity contribution is -0.128. The standard InChI is InChI=1S/C10H21NO2/c1-8(5-6-12)7-11-9(13)10(2,3)4/h8,12H,5-7H2,1-4H3,(H,11,13). The number of carbonyl (C=O) groups excluding carboxylic acids is 1. The second kappa shape index (κ2) is 5.22. The molecule has 0 heterocycles. The van der Waals surface area contributed by atoms with Crippen molar-refractivity contribution < 1.29 is 9.90 Å². The molecule has 78 valence electrons. The molecule has 0 aliphatic heterocycles. The highest BCUT2D eigenvalue weighted by molar-refractivity contribution is 5.81. The second-order valence-electron chi connectivity index (χ2n) is 4.58. The Morgan fingerprint density at radius 3 is 2.38 bits per heavy atom. The van der Waals surface area contributed by atoms with Crippen LogP contribution in [0.3, 0.4) is 0 Å². The fourth-order valence-corrected chi connectivity index (χ4v) is 0.855. The van der Waals surface area contributed by atoms with E-state index in [0.29, 0.717) is 12.5 Å². The van der Waals surface area contributed by atoms with Gasteiger partial charge in [0.15, 0.2) is 0 Å². The predicted molar refractivity (Wildman–Crippen MR) is 53.3 cm³/mol. The molecule has 0 bridgehead atoms. The second-order valence-corrected chi connectivity index (χ2v) is 4.58. The number of hydrogen-bond acceptors (Lipinski definition) is 2. The Balaban J connectivity index is 3.71. The molecule has 0 aliphatic rings. The molecule has 0 aromatic heterocycles. The summed E-state index contributed by atoms with van der Waals surface area (Å²) in [5.41, 5.74) is -0.321. The van der Waals surface area contributed by atoms with E-state index >= 15 is 0 Å². The van der Waals surface area contributed by atoms with Crippen LogP contribution in [-0.2, 0) is 4.79 Å². The van der Waals surface area contributed by atoms with E-state index in [1.54, 1.807) is 0 Å². The molecule has 3 heteroatoms. The number of carbonyl (C=O) groups is 1. The third kappa shape index (κ3) is 5.64. The van der Waals surface area contributed by atoms with E-state index in [4.69, 9.17) is 5.11 Å². The van der Waals surface area contributed by atoms with Crippen molar-refractivity contribution in [3.05, 3.63) is 0 Å². The molecule has 1 amide bonds. The van der Waals surface area contributed by atoms with Gasteiger partial charge in [0, 0.05) is 18.6 Å². The fraction of sp³-hybridized carbons (Fsp3) is 0.900. The highest BCUT2D eigenvalue weighted by atomic mass is 16.3. The lowest BCUT2D eigenvalue weighted by atomic mass is 9.95. The first kappa shape index (κ1) is 12.4. The maximum absolute atomic E-state index is 11.4. The zero-order valence-electron chi connectivity index (χ0n) is 9.05. The number of aliphatic hydroxyl groups excluding tert-OH is 1. The average molecular weight is 187 g/mol. The molecule has 0 aromatic rings. The van der Waals surface area contributed by atoms with Gasteiger partial charge in [-0.15, -0.1) is 0 Å². The van der Waals surface area contributed by atoms with Crippen molar-refractivity contribution in [2.24, 2.45) is 11.3 Å². The molecule has 0 radical (unpaired) electrons. The van der Waals surface area contributed by atoms with Gasteiger partial charge in [-0.2, -0.15) is 0 Å². The Morgan fingerprint density at radius 1 is 1.46 bits per heavy atom. The molecule has 2 N–H and O–H groups in total. The maximum Gasteiger partial charge on any atom is 0.225 e. The Morgan fingerprint density at radius 2 is 2.00 bits per heavy atom. The minimum atomic E-state index is -0.321. The van der Waals surface area contributed by atoms with Crippen molar-refractivity contribution in [1.82, 2.24) is 5.32 Å². The number of aliphatic hydroxyl groups is 1. The Hall–Kier alpha value is -0.570. The van der Waals surface area contributed by atoms with Crippen LogP contribution in [0, 0.1) is 11.3 Å². The molecular weight excluding hydrogens is 166 g/mol. The van der Waals surface area contributed by atoms with E-state index in [1.807, 2.05) is 27.7 Å². The summed E-state index contributed by atoms with van der Waals surface area (Å²) in [6.45, 7) is 8.51. The predicted octanol–water partition coefficient (Wildman–Crippen LogP) is 1.17. The third-order valence-electron chi connectivity index (χ3n) is 1.91. The van der Waals surface area contributed by atoms with Gasteiger partial charge in [-0.3, -0.25) is 4.79 Å². The van der Waals surface area contributed by atoms with Crippen LogP contribution in [-0.4, -0.2) is 24.2 Å². The van der Waals surface area contributed by atoms with Crippen LogP contribution < -0.4 is 5.32 Å². The molecular formula is C10H21NO2. The molecule has 0 saturated carbocycles. The van der Waals surface area contributed by atoms with E-state index in [1.165, 1.54) is 0 Å². The highest BCUT2D eigenvalue weighted by Gasteiger charge is 2.20. The molecule has 1 unspecified atom stereocenters. The minimum absolute atomic E-state index is 0.0669. The highest BCUT2D eigenvalue weighted by Crippen LogP contribution is 2.12. The Kier molecular flexibility index (Phi) is 4.99. The summed E-state index contributed by atoms with van der Waals surface area (Å²) in [6, 6.07) is 0. The van der Waals surface area contributed by atoms with Gasteiger partial charge in [-0.25, -0.2) is 0 Å². The van der Waals surface area contributed by atoms with E-state index in [0.717, 1.165) is 6.42 Å². The lowest BCUT2D eigenvalue weighted by Gasteiger charge is -2.19. The van der Waals surface area contributed by atoms with Crippen molar-refractivity contribution in [1.29, 1.82) is 0 Å². The Labute approximate surface area is 80.5 Å². The van der Waals surface area contributed by atoms with Crippen LogP contribution in [0.5, 0.6) is 0 Å². The van der Waals surface area contributed by atoms with Crippen molar-refractivity contribution in [3.8, 4) is 0 Å². The maximum atomic E-state index is 11.4. The SMILES string of the molecule is CC(CCO)CNC(=O)C(C)(C)C. The van der Waals surface area contributed by atoms with Gasteiger partial charge >= 0.3 is 0 Å². The Bertz CT molecular complexity index is 161. The van der Waals surface area contributed by atoms with E-state index < -0.39 is 0 Å². The number of rotatable bonds is 4. The molecule has 0 fully saturated rings. The molecule has 13 heavy (non-hydrogen) atoms. The van der Waals surface area contributed by atoms with Gasteiger partial charge in [-0.05, 0) is 12.3 Å². The summed E-state index contributed by atoms with van der Waals surface area (Å²) in [6.07, 6.45) is 0.740. The quantitative estimate of drug-likeness (QED) is 0.694. The molecule has 0 saturated heterocycles. The van der Waals surface area contributed by atoms with Gasteiger partial charge in [-0.1, -0.05) is 27.7 Å². The first-order valence-electron chi connectivity index (χ1n) is 4.77. The van der Waals surface area contributed by atoms with Crippen molar-refractivity contribution in [2.75, 3.05) is 13.2 Å². The van der Waals surface area contributed by atoms with Crippen molar-refractivity contribution >= 4 is 5.91 Å². The summed E-state index contributed by atoms with van der Waals surface area (Å²) in [5.74, 6) is 0.411. The molecule has 1 atom stereocenters. The van der Waals surface area contributed by atoms with Gasteiger partial charge in [0.05, 0.1) is 0 Å². The van der Waals surface area contributed by atoms with Crippen LogP contribution in [0.15, 0.2) is 0 Å². The third-order valence-corrected chi connectivity index (χ3v) is 1.91. The normalized spacial score (nSPS) is 13.9. The minimum Gasteiger partial charge on any atom is -0.396 e. The van der Waals surface area contributed by atoms with E-state index in [2.05, 4.69) is 5.32 Å². The van der Waals surface area contributed by atoms with Crippen molar-refractivity contribution in [3.63, 3.8) is 0 Å². The van der Waals surface area contributed by atoms with Crippen LogP contribution >= 0.6 is 0 Å². The topological polar surface area (TPSA) is 49.3 Å². The molecule has 3 nitrogen and oxygen atoms in total. The first-order chi connectivity index (χ1) is 5.88. The largest absolute Gasteiger partial charge is 0.396 e. The van der Waals surface area contributed by atoms with Crippen LogP contribution in [0.25, 0.3) is 0 Å². The summed E-state index contributed by atoms with van der Waals surface area (Å²) in [4.78, 5) is 11.4. The van der Waals surface area contributed by atoms with E-state index in [9.17, 15) is 4.79 Å². The first-order valence-corrected chi connectivity index (χ1v) is 4.77. The average Bonchev–Trinajstić information content (AvgIpc) is 1.99. The number of nitrogens with one attached hydrogen (secondary N) is 1. The molecule has 0 spiro atoms. The van der Waals surface area contributed by atoms with Gasteiger partial charge in [0.25, 0.3) is 0 Å². The summed E-state index contributed by atoms with van der Waals surface area (Å²) in [5, 5.41) is 11.5. The smallest absolute Gasteiger partial charge is 0.225 e. The van der Waals surface area contributed by atoms with Crippen LogP contribution in [0.1, 0.15) is 34.1 Å². The van der Waals surface area contributed by atoms with Gasteiger partial charge in [0.1, 0.15) is 0 Å². The number of amides is 1. The van der Waals surface area contributed by atoms with Crippen LogP contribution in [0.2, 0.25) is 0 Å². The molecule has 0 rings (SSSR count). The zero-order chi connectivity index (χ0) is 10.5.